The first-order valence-electron chi connectivity index (χ1n) is 3.40. The highest BCUT2D eigenvalue weighted by molar-refractivity contribution is 8.16. The van der Waals surface area contributed by atoms with Gasteiger partial charge in [0.25, 0.3) is 0 Å². The number of hydrogen-bond acceptors (Lipinski definition) is 2. The summed E-state index contributed by atoms with van der Waals surface area (Å²) >= 11 is 1.89. The molecule has 1 aliphatic rings. The van der Waals surface area contributed by atoms with Crippen molar-refractivity contribution in [2.75, 3.05) is 5.75 Å². The van der Waals surface area contributed by atoms with Crippen LogP contribution in [0.5, 0.6) is 0 Å². The largest absolute Gasteiger partial charge is 0.280 e. The molecule has 1 aliphatic heterocycles. The van der Waals surface area contributed by atoms with Gasteiger partial charge >= 0.3 is 0 Å². The fraction of sp³-hybridized carbons (Fsp3) is 0.857. The van der Waals surface area contributed by atoms with E-state index >= 15 is 0 Å². The molecule has 1 unspecified atom stereocenters. The maximum absolute atomic E-state index is 4.44. The van der Waals surface area contributed by atoms with Gasteiger partial charge in [-0.25, -0.2) is 0 Å². The predicted octanol–water partition coefficient (Wildman–Crippen LogP) is 2.18. The molecule has 1 fully saturated rings. The van der Waals surface area contributed by atoms with E-state index in [9.17, 15) is 0 Å². The second kappa shape index (κ2) is 2.74. The summed E-state index contributed by atoms with van der Waals surface area (Å²) in [6.07, 6.45) is 0. The van der Waals surface area contributed by atoms with Gasteiger partial charge < -0.3 is 0 Å². The molecule has 0 radical (unpaired) electrons. The van der Waals surface area contributed by atoms with Gasteiger partial charge in [-0.1, -0.05) is 6.92 Å². The normalized spacial score (nSPS) is 31.1. The summed E-state index contributed by atoms with van der Waals surface area (Å²) in [5.74, 6) is 2.02. The number of hydrogen-bond donors (Lipinski definition) is 0. The smallest absolute Gasteiger partial charge is 0.0715 e. The molecule has 0 amide bonds. The van der Waals surface area contributed by atoms with E-state index in [1.54, 1.807) is 0 Å². The van der Waals surface area contributed by atoms with Gasteiger partial charge in [0.1, 0.15) is 0 Å². The summed E-state index contributed by atoms with van der Waals surface area (Å²) in [5, 5.41) is 1.35. The van der Waals surface area contributed by atoms with Crippen molar-refractivity contribution in [3.05, 3.63) is 0 Å². The Labute approximate surface area is 60.9 Å². The minimum absolute atomic E-state index is 0.482. The standard InChI is InChI=1S/C7H13NS/c1-5(2)8-7-6(3)4-9-7/h5-6H,4H2,1-3H3. The van der Waals surface area contributed by atoms with E-state index < -0.39 is 0 Å². The average molecular weight is 143 g/mol. The Bertz CT molecular complexity index is 129. The molecule has 0 aromatic carbocycles. The van der Waals surface area contributed by atoms with Crippen LogP contribution in [0.3, 0.4) is 0 Å². The molecule has 1 nitrogen and oxygen atoms in total. The van der Waals surface area contributed by atoms with Crippen LogP contribution in [-0.2, 0) is 0 Å². The summed E-state index contributed by atoms with van der Waals surface area (Å²) in [7, 11) is 0. The highest BCUT2D eigenvalue weighted by Crippen LogP contribution is 2.28. The number of rotatable bonds is 1. The van der Waals surface area contributed by atoms with Crippen molar-refractivity contribution in [3.63, 3.8) is 0 Å². The van der Waals surface area contributed by atoms with Gasteiger partial charge in [-0.05, 0) is 13.8 Å². The molecule has 0 bridgehead atoms. The van der Waals surface area contributed by atoms with Crippen LogP contribution < -0.4 is 0 Å². The van der Waals surface area contributed by atoms with E-state index in [4.69, 9.17) is 0 Å². The Balaban J connectivity index is 2.42. The third kappa shape index (κ3) is 1.71. The fourth-order valence-corrected chi connectivity index (χ4v) is 1.68. The Morgan fingerprint density at radius 1 is 1.67 bits per heavy atom. The number of thioether (sulfide) groups is 1. The zero-order valence-electron chi connectivity index (χ0n) is 6.22. The van der Waals surface area contributed by atoms with Gasteiger partial charge in [0.2, 0.25) is 0 Å². The Morgan fingerprint density at radius 2 is 2.33 bits per heavy atom. The molecule has 0 saturated carbocycles. The molecule has 9 heavy (non-hydrogen) atoms. The lowest BCUT2D eigenvalue weighted by molar-refractivity contribution is 0.802. The van der Waals surface area contributed by atoms with Crippen LogP contribution in [0.1, 0.15) is 20.8 Å². The summed E-state index contributed by atoms with van der Waals surface area (Å²) in [5.41, 5.74) is 0. The second-order valence-corrected chi connectivity index (χ2v) is 3.81. The minimum atomic E-state index is 0.482. The summed E-state index contributed by atoms with van der Waals surface area (Å²) in [6.45, 7) is 6.48. The molecular weight excluding hydrogens is 130 g/mol. The van der Waals surface area contributed by atoms with Gasteiger partial charge in [-0.2, -0.15) is 0 Å². The van der Waals surface area contributed by atoms with E-state index in [0.29, 0.717) is 6.04 Å². The second-order valence-electron chi connectivity index (χ2n) is 2.77. The van der Waals surface area contributed by atoms with Crippen molar-refractivity contribution >= 4 is 16.8 Å². The molecule has 0 N–H and O–H groups in total. The molecule has 0 aromatic rings. The van der Waals surface area contributed by atoms with E-state index in [0.717, 1.165) is 5.92 Å². The lowest BCUT2D eigenvalue weighted by atomic mass is 10.2. The quantitative estimate of drug-likeness (QED) is 0.548. The first kappa shape index (κ1) is 7.13. The van der Waals surface area contributed by atoms with Crippen molar-refractivity contribution < 1.29 is 0 Å². The zero-order valence-corrected chi connectivity index (χ0v) is 7.03. The first-order chi connectivity index (χ1) is 4.20. The molecule has 0 aromatic heterocycles. The molecule has 1 rings (SSSR count). The van der Waals surface area contributed by atoms with E-state index in [2.05, 4.69) is 25.8 Å². The Hall–Kier alpha value is 0.0200. The highest BCUT2D eigenvalue weighted by Gasteiger charge is 2.21. The molecule has 1 saturated heterocycles. The molecule has 0 spiro atoms. The van der Waals surface area contributed by atoms with Crippen LogP contribution in [-0.4, -0.2) is 16.8 Å². The molecule has 1 atom stereocenters. The van der Waals surface area contributed by atoms with Crippen molar-refractivity contribution in [1.29, 1.82) is 0 Å². The average Bonchev–Trinajstić information content (AvgIpc) is 1.79. The summed E-state index contributed by atoms with van der Waals surface area (Å²) < 4.78 is 0. The fourth-order valence-electron chi connectivity index (χ4n) is 0.744. The van der Waals surface area contributed by atoms with E-state index in [1.807, 2.05) is 11.8 Å². The van der Waals surface area contributed by atoms with Crippen LogP contribution in [0.15, 0.2) is 4.99 Å². The van der Waals surface area contributed by atoms with Crippen LogP contribution in [0.25, 0.3) is 0 Å². The Kier molecular flexibility index (Phi) is 2.17. The lowest BCUT2D eigenvalue weighted by Gasteiger charge is -2.23. The lowest BCUT2D eigenvalue weighted by Crippen LogP contribution is -2.23. The molecule has 1 heterocycles. The maximum atomic E-state index is 4.44. The molecule has 0 aliphatic carbocycles. The molecule has 2 heteroatoms. The summed E-state index contributed by atoms with van der Waals surface area (Å²) in [4.78, 5) is 4.44. The maximum Gasteiger partial charge on any atom is 0.0715 e. The topological polar surface area (TPSA) is 12.4 Å². The van der Waals surface area contributed by atoms with Crippen LogP contribution in [0, 0.1) is 5.92 Å². The van der Waals surface area contributed by atoms with E-state index in [-0.39, 0.29) is 0 Å². The van der Waals surface area contributed by atoms with Gasteiger partial charge in [0, 0.05) is 17.7 Å². The summed E-state index contributed by atoms with van der Waals surface area (Å²) in [6, 6.07) is 0.482. The zero-order chi connectivity index (χ0) is 6.85. The predicted molar refractivity (Wildman–Crippen MR) is 44.2 cm³/mol. The Morgan fingerprint density at radius 3 is 2.44 bits per heavy atom. The van der Waals surface area contributed by atoms with Gasteiger partial charge in [-0.3, -0.25) is 4.99 Å². The van der Waals surface area contributed by atoms with Crippen LogP contribution >= 0.6 is 11.8 Å². The van der Waals surface area contributed by atoms with Crippen molar-refractivity contribution in [1.82, 2.24) is 0 Å². The van der Waals surface area contributed by atoms with Crippen molar-refractivity contribution in [2.24, 2.45) is 10.9 Å². The van der Waals surface area contributed by atoms with Crippen molar-refractivity contribution in [2.45, 2.75) is 26.8 Å². The van der Waals surface area contributed by atoms with Gasteiger partial charge in [-0.15, -0.1) is 11.8 Å². The number of nitrogens with zero attached hydrogens (tertiary/aromatic N) is 1. The molecule has 52 valence electrons. The van der Waals surface area contributed by atoms with E-state index in [1.165, 1.54) is 10.8 Å². The van der Waals surface area contributed by atoms with Crippen LogP contribution in [0.4, 0.5) is 0 Å². The van der Waals surface area contributed by atoms with Gasteiger partial charge in [0.15, 0.2) is 0 Å². The van der Waals surface area contributed by atoms with Crippen LogP contribution in [0.2, 0.25) is 0 Å². The highest BCUT2D eigenvalue weighted by atomic mass is 32.2. The van der Waals surface area contributed by atoms with Gasteiger partial charge in [0.05, 0.1) is 5.04 Å². The SMILES string of the molecule is CC(C)N=C1SCC1C. The molecular formula is C7H13NS. The first-order valence-corrected chi connectivity index (χ1v) is 4.39. The third-order valence-electron chi connectivity index (χ3n) is 1.29. The third-order valence-corrected chi connectivity index (χ3v) is 2.76. The minimum Gasteiger partial charge on any atom is -0.280 e. The van der Waals surface area contributed by atoms with Crippen molar-refractivity contribution in [3.8, 4) is 0 Å². The monoisotopic (exact) mass is 143 g/mol. The number of aliphatic imine (C=N–C) groups is 1.